The molecule has 1 fully saturated rings. The van der Waals surface area contributed by atoms with Crippen LogP contribution in [0, 0.1) is 0 Å². The second kappa shape index (κ2) is 8.61. The zero-order chi connectivity index (χ0) is 19.3. The molecule has 4 rings (SSSR count). The summed E-state index contributed by atoms with van der Waals surface area (Å²) < 4.78 is 1.02. The van der Waals surface area contributed by atoms with Gasteiger partial charge in [-0.15, -0.1) is 0 Å². The normalized spacial score (nSPS) is 16.8. The molecule has 0 aliphatic carbocycles. The monoisotopic (exact) mass is 438 g/mol. The fourth-order valence-corrected chi connectivity index (χ4v) is 3.87. The van der Waals surface area contributed by atoms with Gasteiger partial charge in [0.15, 0.2) is 5.82 Å². The molecule has 1 saturated heterocycles. The van der Waals surface area contributed by atoms with Gasteiger partial charge >= 0.3 is 0 Å². The third kappa shape index (κ3) is 4.62. The van der Waals surface area contributed by atoms with E-state index in [0.717, 1.165) is 53.0 Å². The van der Waals surface area contributed by atoms with Crippen molar-refractivity contribution in [1.29, 1.82) is 0 Å². The minimum atomic E-state index is 0.0705. The second-order valence-corrected chi connectivity index (χ2v) is 8.08. The topological polar surface area (TPSA) is 61.0 Å². The summed E-state index contributed by atoms with van der Waals surface area (Å²) in [5, 5.41) is 10.8. The lowest BCUT2D eigenvalue weighted by atomic mass is 10.0. The first kappa shape index (κ1) is 18.7. The van der Waals surface area contributed by atoms with E-state index < -0.39 is 0 Å². The summed E-state index contributed by atoms with van der Waals surface area (Å²) >= 11 is 3.42. The molecule has 0 radical (unpaired) electrons. The van der Waals surface area contributed by atoms with Gasteiger partial charge in [0.1, 0.15) is 0 Å². The van der Waals surface area contributed by atoms with Gasteiger partial charge < -0.3 is 10.2 Å². The van der Waals surface area contributed by atoms with E-state index in [1.165, 1.54) is 0 Å². The Hall–Kier alpha value is -2.60. The van der Waals surface area contributed by atoms with Crippen LogP contribution in [0.15, 0.2) is 65.1 Å². The van der Waals surface area contributed by atoms with E-state index in [1.54, 1.807) is 0 Å². The van der Waals surface area contributed by atoms with Crippen molar-refractivity contribution in [3.63, 3.8) is 0 Å². The molecule has 1 aliphatic rings. The molecule has 6 heteroatoms. The van der Waals surface area contributed by atoms with Crippen molar-refractivity contribution in [2.75, 3.05) is 18.0 Å². The van der Waals surface area contributed by atoms with Gasteiger partial charge in [-0.05, 0) is 36.1 Å². The average Bonchev–Trinajstić information content (AvgIpc) is 3.21. The first-order valence-electron chi connectivity index (χ1n) is 9.57. The molecule has 2 N–H and O–H groups in total. The highest BCUT2D eigenvalue weighted by Crippen LogP contribution is 2.24. The summed E-state index contributed by atoms with van der Waals surface area (Å²) in [6, 6.07) is 20.3. The zero-order valence-corrected chi connectivity index (χ0v) is 17.2. The van der Waals surface area contributed by atoms with Gasteiger partial charge in [0.05, 0.1) is 12.1 Å². The van der Waals surface area contributed by atoms with Gasteiger partial charge in [-0.25, -0.2) is 0 Å². The number of nitrogens with one attached hydrogen (secondary N) is 2. The highest BCUT2D eigenvalue weighted by Gasteiger charge is 2.23. The number of H-pyrrole nitrogens is 1. The number of hydrogen-bond acceptors (Lipinski definition) is 3. The molecule has 1 amide bonds. The number of carbonyl (C=O) groups excluding carboxylic acids is 1. The summed E-state index contributed by atoms with van der Waals surface area (Å²) in [5.41, 5.74) is 3.16. The Bertz CT molecular complexity index is 923. The average molecular weight is 439 g/mol. The fraction of sp³-hybridized carbons (Fsp3) is 0.273. The van der Waals surface area contributed by atoms with Crippen LogP contribution in [0.5, 0.6) is 0 Å². The van der Waals surface area contributed by atoms with E-state index in [-0.39, 0.29) is 11.9 Å². The highest BCUT2D eigenvalue weighted by atomic mass is 79.9. The largest absolute Gasteiger partial charge is 0.353 e. The number of carbonyl (C=O) groups is 1. The van der Waals surface area contributed by atoms with E-state index in [4.69, 9.17) is 0 Å². The van der Waals surface area contributed by atoms with Gasteiger partial charge in [-0.1, -0.05) is 58.4 Å². The summed E-state index contributed by atoms with van der Waals surface area (Å²) in [4.78, 5) is 14.7. The van der Waals surface area contributed by atoms with Crippen molar-refractivity contribution in [2.24, 2.45) is 0 Å². The standard InChI is InChI=1S/C22H23BrN4O/c23-18-10-8-16(9-11-18)13-22(28)24-19-7-4-12-27(15-19)21-14-20(25-26-21)17-5-2-1-3-6-17/h1-3,5-6,8-11,14,19H,4,7,12-13,15H2,(H,24,28)(H,25,26)/t19-/m1/s1. The molecule has 1 aliphatic heterocycles. The molecule has 0 saturated carbocycles. The molecule has 2 heterocycles. The van der Waals surface area contributed by atoms with Crippen LogP contribution in [-0.2, 0) is 11.2 Å². The number of piperidine rings is 1. The predicted molar refractivity (Wildman–Crippen MR) is 115 cm³/mol. The van der Waals surface area contributed by atoms with Crippen molar-refractivity contribution in [2.45, 2.75) is 25.3 Å². The third-order valence-corrected chi connectivity index (χ3v) is 5.57. The molecule has 0 unspecified atom stereocenters. The van der Waals surface area contributed by atoms with Crippen LogP contribution in [0.1, 0.15) is 18.4 Å². The molecule has 144 valence electrons. The van der Waals surface area contributed by atoms with Crippen molar-refractivity contribution < 1.29 is 4.79 Å². The number of hydrogen-bond donors (Lipinski definition) is 2. The smallest absolute Gasteiger partial charge is 0.224 e. The van der Waals surface area contributed by atoms with Crippen LogP contribution in [0.25, 0.3) is 11.3 Å². The lowest BCUT2D eigenvalue weighted by Gasteiger charge is -2.33. The van der Waals surface area contributed by atoms with Crippen LogP contribution in [0.4, 0.5) is 5.82 Å². The van der Waals surface area contributed by atoms with Gasteiger partial charge in [0, 0.05) is 29.7 Å². The first-order chi connectivity index (χ1) is 13.7. The predicted octanol–water partition coefficient (Wildman–Crippen LogP) is 4.17. The molecule has 0 bridgehead atoms. The van der Waals surface area contributed by atoms with Crippen molar-refractivity contribution in [3.05, 3.63) is 70.7 Å². The van der Waals surface area contributed by atoms with Gasteiger partial charge in [-0.3, -0.25) is 9.89 Å². The number of aromatic nitrogens is 2. The molecule has 0 spiro atoms. The van der Waals surface area contributed by atoms with Gasteiger partial charge in [0.2, 0.25) is 5.91 Å². The van der Waals surface area contributed by atoms with Crippen LogP contribution in [-0.4, -0.2) is 35.2 Å². The number of amides is 1. The highest BCUT2D eigenvalue weighted by molar-refractivity contribution is 9.10. The van der Waals surface area contributed by atoms with Crippen molar-refractivity contribution >= 4 is 27.7 Å². The summed E-state index contributed by atoms with van der Waals surface area (Å²) in [6.07, 6.45) is 2.44. The molecule has 3 aromatic rings. The summed E-state index contributed by atoms with van der Waals surface area (Å²) in [7, 11) is 0. The maximum atomic E-state index is 12.4. The van der Waals surface area contributed by atoms with Crippen LogP contribution in [0.3, 0.4) is 0 Å². The maximum Gasteiger partial charge on any atom is 0.224 e. The van der Waals surface area contributed by atoms with Gasteiger partial charge in [0.25, 0.3) is 0 Å². The molecule has 1 aromatic heterocycles. The van der Waals surface area contributed by atoms with E-state index in [1.807, 2.05) is 42.5 Å². The Morgan fingerprint density at radius 3 is 2.75 bits per heavy atom. The van der Waals surface area contributed by atoms with Crippen molar-refractivity contribution in [1.82, 2.24) is 15.5 Å². The Kier molecular flexibility index (Phi) is 5.76. The number of rotatable bonds is 5. The minimum Gasteiger partial charge on any atom is -0.353 e. The first-order valence-corrected chi connectivity index (χ1v) is 10.4. The minimum absolute atomic E-state index is 0.0705. The van der Waals surface area contributed by atoms with Crippen LogP contribution >= 0.6 is 15.9 Å². The number of benzene rings is 2. The Morgan fingerprint density at radius 1 is 1.18 bits per heavy atom. The fourth-order valence-electron chi connectivity index (χ4n) is 3.61. The van der Waals surface area contributed by atoms with E-state index in [9.17, 15) is 4.79 Å². The number of nitrogens with zero attached hydrogens (tertiary/aromatic N) is 2. The number of aromatic amines is 1. The Balaban J connectivity index is 1.36. The lowest BCUT2D eigenvalue weighted by molar-refractivity contribution is -0.121. The van der Waals surface area contributed by atoms with Gasteiger partial charge in [-0.2, -0.15) is 5.10 Å². The Morgan fingerprint density at radius 2 is 1.96 bits per heavy atom. The molecule has 2 aromatic carbocycles. The van der Waals surface area contributed by atoms with E-state index >= 15 is 0 Å². The zero-order valence-electron chi connectivity index (χ0n) is 15.6. The van der Waals surface area contributed by atoms with Crippen LogP contribution in [0.2, 0.25) is 0 Å². The molecule has 5 nitrogen and oxygen atoms in total. The number of halogens is 1. The number of anilines is 1. The summed E-state index contributed by atoms with van der Waals surface area (Å²) in [6.45, 7) is 1.74. The van der Waals surface area contributed by atoms with E-state index in [0.29, 0.717) is 6.42 Å². The third-order valence-electron chi connectivity index (χ3n) is 5.04. The van der Waals surface area contributed by atoms with E-state index in [2.05, 4.69) is 54.5 Å². The SMILES string of the molecule is O=C(Cc1ccc(Br)cc1)N[C@@H]1CCCN(c2cc(-c3ccccc3)[nH]n2)C1. The lowest BCUT2D eigenvalue weighted by Crippen LogP contribution is -2.48. The Labute approximate surface area is 173 Å². The second-order valence-electron chi connectivity index (χ2n) is 7.16. The molecular weight excluding hydrogens is 416 g/mol. The molecule has 1 atom stereocenters. The molecular formula is C22H23BrN4O. The maximum absolute atomic E-state index is 12.4. The molecule has 28 heavy (non-hydrogen) atoms. The quantitative estimate of drug-likeness (QED) is 0.628. The van der Waals surface area contributed by atoms with Crippen molar-refractivity contribution in [3.8, 4) is 11.3 Å². The summed E-state index contributed by atoms with van der Waals surface area (Å²) in [5.74, 6) is 1.01. The van der Waals surface area contributed by atoms with Crippen LogP contribution < -0.4 is 10.2 Å².